The lowest BCUT2D eigenvalue weighted by molar-refractivity contribution is -0.146. The molecule has 0 bridgehead atoms. The first-order chi connectivity index (χ1) is 9.28. The van der Waals surface area contributed by atoms with Crippen molar-refractivity contribution in [3.05, 3.63) is 0 Å². The average molecular weight is 283 g/mol. The number of amides is 1. The van der Waals surface area contributed by atoms with Crippen molar-refractivity contribution in [1.29, 1.82) is 0 Å². The van der Waals surface area contributed by atoms with Gasteiger partial charge in [0.15, 0.2) is 0 Å². The summed E-state index contributed by atoms with van der Waals surface area (Å²) in [6.07, 6.45) is 4.63. The van der Waals surface area contributed by atoms with Crippen LogP contribution in [0.1, 0.15) is 52.9 Å². The fourth-order valence-corrected chi connectivity index (χ4v) is 3.39. The second kappa shape index (κ2) is 5.62. The highest BCUT2D eigenvalue weighted by Gasteiger charge is 2.43. The summed E-state index contributed by atoms with van der Waals surface area (Å²) < 4.78 is 5.36. The topological polar surface area (TPSA) is 66.8 Å². The van der Waals surface area contributed by atoms with Gasteiger partial charge in [-0.2, -0.15) is 0 Å². The van der Waals surface area contributed by atoms with Gasteiger partial charge >= 0.3 is 12.1 Å². The van der Waals surface area contributed by atoms with Gasteiger partial charge in [-0.05, 0) is 45.4 Å². The number of piperidine rings is 1. The van der Waals surface area contributed by atoms with Crippen LogP contribution in [0, 0.1) is 11.8 Å². The Hall–Kier alpha value is -1.26. The van der Waals surface area contributed by atoms with Gasteiger partial charge in [0, 0.05) is 6.54 Å². The number of likely N-dealkylation sites (tertiary alicyclic amines) is 1. The van der Waals surface area contributed by atoms with E-state index >= 15 is 0 Å². The molecule has 1 N–H and O–H groups in total. The average Bonchev–Trinajstić information content (AvgIpc) is 2.35. The lowest BCUT2D eigenvalue weighted by atomic mass is 9.73. The first-order valence-electron chi connectivity index (χ1n) is 7.50. The summed E-state index contributed by atoms with van der Waals surface area (Å²) in [7, 11) is 0. The standard InChI is InChI=1S/C15H25NO4/c1-15(2,3)20-14(19)16-9-11-7-5-4-6-10(11)8-12(16)13(17)18/h10-12H,4-9H2,1-3H3,(H,17,18)/t10-,11+,12+/m1/s1. The zero-order chi connectivity index (χ0) is 14.9. The van der Waals surface area contributed by atoms with Crippen LogP contribution in [-0.4, -0.2) is 40.3 Å². The molecule has 1 heterocycles. The van der Waals surface area contributed by atoms with E-state index in [0.29, 0.717) is 24.8 Å². The van der Waals surface area contributed by atoms with Crippen LogP contribution in [0.5, 0.6) is 0 Å². The third kappa shape index (κ3) is 3.44. The maximum atomic E-state index is 12.2. The molecule has 1 saturated carbocycles. The number of hydrogen-bond donors (Lipinski definition) is 1. The number of carboxylic acid groups (broad SMARTS) is 1. The third-order valence-corrected chi connectivity index (χ3v) is 4.31. The van der Waals surface area contributed by atoms with Crippen LogP contribution in [-0.2, 0) is 9.53 Å². The van der Waals surface area contributed by atoms with Gasteiger partial charge in [0.05, 0.1) is 0 Å². The van der Waals surface area contributed by atoms with Crippen molar-refractivity contribution in [3.63, 3.8) is 0 Å². The zero-order valence-electron chi connectivity index (χ0n) is 12.6. The third-order valence-electron chi connectivity index (χ3n) is 4.31. The quantitative estimate of drug-likeness (QED) is 0.803. The lowest BCUT2D eigenvalue weighted by Crippen LogP contribution is -2.55. The summed E-state index contributed by atoms with van der Waals surface area (Å²) in [6, 6.07) is -0.732. The molecule has 20 heavy (non-hydrogen) atoms. The summed E-state index contributed by atoms with van der Waals surface area (Å²) >= 11 is 0. The van der Waals surface area contributed by atoms with E-state index in [2.05, 4.69) is 0 Å². The minimum atomic E-state index is -0.917. The van der Waals surface area contributed by atoms with Crippen LogP contribution in [0.25, 0.3) is 0 Å². The molecule has 5 nitrogen and oxygen atoms in total. The van der Waals surface area contributed by atoms with Gasteiger partial charge in [0.25, 0.3) is 0 Å². The van der Waals surface area contributed by atoms with E-state index in [1.54, 1.807) is 20.8 Å². The van der Waals surface area contributed by atoms with Gasteiger partial charge < -0.3 is 9.84 Å². The Morgan fingerprint density at radius 2 is 1.75 bits per heavy atom. The Balaban J connectivity index is 2.11. The summed E-state index contributed by atoms with van der Waals surface area (Å²) in [5.74, 6) is -0.0321. The van der Waals surface area contributed by atoms with E-state index in [1.807, 2.05) is 0 Å². The van der Waals surface area contributed by atoms with Gasteiger partial charge in [0.2, 0.25) is 0 Å². The number of carbonyl (C=O) groups is 2. The van der Waals surface area contributed by atoms with E-state index in [4.69, 9.17) is 4.74 Å². The molecule has 3 atom stereocenters. The Kier molecular flexibility index (Phi) is 4.25. The Morgan fingerprint density at radius 3 is 2.30 bits per heavy atom. The van der Waals surface area contributed by atoms with E-state index < -0.39 is 23.7 Å². The monoisotopic (exact) mass is 283 g/mol. The summed E-state index contributed by atoms with van der Waals surface area (Å²) in [6.45, 7) is 5.92. The molecule has 2 fully saturated rings. The highest BCUT2D eigenvalue weighted by molar-refractivity contribution is 5.80. The van der Waals surface area contributed by atoms with Crippen molar-refractivity contribution in [2.24, 2.45) is 11.8 Å². The van der Waals surface area contributed by atoms with Gasteiger partial charge in [-0.3, -0.25) is 4.90 Å². The molecule has 1 amide bonds. The van der Waals surface area contributed by atoms with E-state index in [1.165, 1.54) is 17.7 Å². The zero-order valence-corrected chi connectivity index (χ0v) is 12.6. The second-order valence-electron chi connectivity index (χ2n) is 7.03. The van der Waals surface area contributed by atoms with Crippen LogP contribution >= 0.6 is 0 Å². The van der Waals surface area contributed by atoms with Crippen LogP contribution < -0.4 is 0 Å². The van der Waals surface area contributed by atoms with Crippen molar-refractivity contribution in [3.8, 4) is 0 Å². The molecule has 0 aromatic carbocycles. The van der Waals surface area contributed by atoms with Crippen LogP contribution in [0.4, 0.5) is 4.79 Å². The predicted molar refractivity (Wildman–Crippen MR) is 74.4 cm³/mol. The molecular formula is C15H25NO4. The van der Waals surface area contributed by atoms with E-state index in [9.17, 15) is 14.7 Å². The largest absolute Gasteiger partial charge is 0.480 e. The molecule has 2 rings (SSSR count). The Morgan fingerprint density at radius 1 is 1.15 bits per heavy atom. The highest BCUT2D eigenvalue weighted by atomic mass is 16.6. The number of ether oxygens (including phenoxy) is 1. The number of rotatable bonds is 1. The maximum absolute atomic E-state index is 12.2. The van der Waals surface area contributed by atoms with Crippen molar-refractivity contribution in [2.45, 2.75) is 64.5 Å². The summed E-state index contributed by atoms with van der Waals surface area (Å²) in [5.41, 5.74) is -0.594. The fraction of sp³-hybridized carbons (Fsp3) is 0.867. The maximum Gasteiger partial charge on any atom is 0.411 e. The molecule has 1 saturated heterocycles. The minimum absolute atomic E-state index is 0.437. The smallest absolute Gasteiger partial charge is 0.411 e. The molecule has 0 unspecified atom stereocenters. The van der Waals surface area contributed by atoms with Crippen LogP contribution in [0.3, 0.4) is 0 Å². The lowest BCUT2D eigenvalue weighted by Gasteiger charge is -2.44. The SMILES string of the molecule is CC(C)(C)OC(=O)N1C[C@@H]2CCCC[C@@H]2C[C@H]1C(=O)O. The normalized spacial score (nSPS) is 30.6. The molecule has 0 aromatic rings. The second-order valence-corrected chi connectivity index (χ2v) is 7.03. The van der Waals surface area contributed by atoms with Gasteiger partial charge in [-0.1, -0.05) is 19.3 Å². The number of nitrogens with zero attached hydrogens (tertiary/aromatic N) is 1. The van der Waals surface area contributed by atoms with Gasteiger partial charge in [-0.15, -0.1) is 0 Å². The molecule has 0 radical (unpaired) electrons. The molecule has 2 aliphatic rings. The van der Waals surface area contributed by atoms with Crippen molar-refractivity contribution >= 4 is 12.1 Å². The minimum Gasteiger partial charge on any atom is -0.480 e. The number of aliphatic carboxylic acids is 1. The van der Waals surface area contributed by atoms with Crippen molar-refractivity contribution in [2.75, 3.05) is 6.54 Å². The molecule has 1 aliphatic carbocycles. The number of carboxylic acids is 1. The summed E-state index contributed by atoms with van der Waals surface area (Å²) in [5, 5.41) is 9.40. The Bertz CT molecular complexity index is 388. The first kappa shape index (κ1) is 15.1. The number of hydrogen-bond acceptors (Lipinski definition) is 3. The Labute approximate surface area is 120 Å². The molecule has 114 valence electrons. The van der Waals surface area contributed by atoms with Crippen molar-refractivity contribution in [1.82, 2.24) is 4.90 Å². The van der Waals surface area contributed by atoms with Crippen LogP contribution in [0.15, 0.2) is 0 Å². The first-order valence-corrected chi connectivity index (χ1v) is 7.50. The summed E-state index contributed by atoms with van der Waals surface area (Å²) in [4.78, 5) is 25.1. The number of carbonyl (C=O) groups excluding carboxylic acids is 1. The predicted octanol–water partition coefficient (Wildman–Crippen LogP) is 2.89. The van der Waals surface area contributed by atoms with E-state index in [0.717, 1.165) is 12.8 Å². The molecule has 5 heteroatoms. The fourth-order valence-electron chi connectivity index (χ4n) is 3.39. The van der Waals surface area contributed by atoms with Gasteiger partial charge in [0.1, 0.15) is 11.6 Å². The van der Waals surface area contributed by atoms with E-state index in [-0.39, 0.29) is 0 Å². The number of fused-ring (bicyclic) bond motifs is 1. The molecule has 0 aromatic heterocycles. The van der Waals surface area contributed by atoms with Crippen LogP contribution in [0.2, 0.25) is 0 Å². The molecule has 0 spiro atoms. The highest BCUT2D eigenvalue weighted by Crippen LogP contribution is 2.39. The van der Waals surface area contributed by atoms with Gasteiger partial charge in [-0.25, -0.2) is 9.59 Å². The van der Waals surface area contributed by atoms with Crippen molar-refractivity contribution < 1.29 is 19.4 Å². The molecule has 1 aliphatic heterocycles. The molecular weight excluding hydrogens is 258 g/mol.